The summed E-state index contributed by atoms with van der Waals surface area (Å²) in [5, 5.41) is 10.5. The Bertz CT molecular complexity index is 501. The molecule has 1 rings (SSSR count). The number of nitro benzene ring substituents is 1. The number of thiocarbonyl (C=S) groups is 1. The number of benzene rings is 1. The second kappa shape index (κ2) is 7.96. The maximum Gasteiger partial charge on any atom is 0.269 e. The van der Waals surface area contributed by atoms with Crippen molar-refractivity contribution >= 4 is 39.8 Å². The fraction of sp³-hybridized carbons (Fsp3) is 0.385. The van der Waals surface area contributed by atoms with Crippen LogP contribution in [0, 0.1) is 10.1 Å². The van der Waals surface area contributed by atoms with E-state index < -0.39 is 4.92 Å². The Balaban J connectivity index is 2.39. The first-order chi connectivity index (χ1) is 9.40. The first-order valence-corrected chi connectivity index (χ1v) is 7.38. The molecule has 0 fully saturated rings. The highest BCUT2D eigenvalue weighted by molar-refractivity contribution is 8.22. The first-order valence-electron chi connectivity index (χ1n) is 5.99. The molecule has 0 heterocycles. The molecule has 0 saturated heterocycles. The molecule has 0 N–H and O–H groups in total. The highest BCUT2D eigenvalue weighted by atomic mass is 32.2. The number of thioether (sulfide) groups is 1. The van der Waals surface area contributed by atoms with Gasteiger partial charge in [0.05, 0.1) is 4.92 Å². The van der Waals surface area contributed by atoms with E-state index >= 15 is 0 Å². The molecule has 0 aliphatic rings. The van der Waals surface area contributed by atoms with Crippen molar-refractivity contribution in [2.24, 2.45) is 0 Å². The molecule has 0 spiro atoms. The van der Waals surface area contributed by atoms with Gasteiger partial charge >= 0.3 is 0 Å². The summed E-state index contributed by atoms with van der Waals surface area (Å²) in [7, 11) is 3.74. The van der Waals surface area contributed by atoms with Gasteiger partial charge in [-0.3, -0.25) is 14.9 Å². The van der Waals surface area contributed by atoms with Crippen LogP contribution >= 0.6 is 24.0 Å². The van der Waals surface area contributed by atoms with Gasteiger partial charge in [-0.25, -0.2) is 0 Å². The highest BCUT2D eigenvalue weighted by Crippen LogP contribution is 2.14. The lowest BCUT2D eigenvalue weighted by molar-refractivity contribution is -0.384. The lowest BCUT2D eigenvalue weighted by atomic mass is 10.1. The van der Waals surface area contributed by atoms with Gasteiger partial charge in [0.25, 0.3) is 5.69 Å². The minimum Gasteiger partial charge on any atom is -0.364 e. The van der Waals surface area contributed by atoms with Gasteiger partial charge in [0.15, 0.2) is 0 Å². The van der Waals surface area contributed by atoms with Crippen molar-refractivity contribution < 1.29 is 9.72 Å². The largest absolute Gasteiger partial charge is 0.364 e. The third-order valence-corrected chi connectivity index (χ3v) is 4.26. The Morgan fingerprint density at radius 1 is 1.35 bits per heavy atom. The molecule has 0 bridgehead atoms. The number of Topliss-reactive ketones (excluding diaryl/α,β-unsaturated/α-hetero) is 1. The van der Waals surface area contributed by atoms with Crippen molar-refractivity contribution in [1.82, 2.24) is 4.90 Å². The molecule has 0 amide bonds. The molecule has 5 nitrogen and oxygen atoms in total. The standard InChI is InChI=1S/C13H16N2O3S2/c1-14(2)13(19)20-8-7-12(16)9-10-3-5-11(6-4-10)15(17)18/h3-6H,7-9H2,1-2H3. The van der Waals surface area contributed by atoms with Gasteiger partial charge in [0.1, 0.15) is 10.1 Å². The van der Waals surface area contributed by atoms with Crippen LogP contribution in [-0.4, -0.2) is 39.8 Å². The summed E-state index contributed by atoms with van der Waals surface area (Å²) < 4.78 is 0.758. The van der Waals surface area contributed by atoms with E-state index in [9.17, 15) is 14.9 Å². The van der Waals surface area contributed by atoms with Crippen LogP contribution in [0.5, 0.6) is 0 Å². The number of carbonyl (C=O) groups excluding carboxylic acids is 1. The molecule has 0 unspecified atom stereocenters. The minimum absolute atomic E-state index is 0.0353. The van der Waals surface area contributed by atoms with Crippen LogP contribution < -0.4 is 0 Å². The van der Waals surface area contributed by atoms with Gasteiger partial charge in [0.2, 0.25) is 0 Å². The van der Waals surface area contributed by atoms with Crippen LogP contribution in [0.1, 0.15) is 12.0 Å². The molecule has 0 aliphatic carbocycles. The molecule has 0 atom stereocenters. The van der Waals surface area contributed by atoms with E-state index in [0.29, 0.717) is 18.6 Å². The van der Waals surface area contributed by atoms with Crippen molar-refractivity contribution in [3.63, 3.8) is 0 Å². The van der Waals surface area contributed by atoms with E-state index in [4.69, 9.17) is 12.2 Å². The second-order valence-corrected chi connectivity index (χ2v) is 6.13. The first kappa shape index (κ1) is 16.6. The van der Waals surface area contributed by atoms with Crippen molar-refractivity contribution in [1.29, 1.82) is 0 Å². The number of hydrogen-bond donors (Lipinski definition) is 0. The summed E-state index contributed by atoms with van der Waals surface area (Å²) in [6.07, 6.45) is 0.739. The SMILES string of the molecule is CN(C)C(=S)SCCC(=O)Cc1ccc([N+](=O)[O-])cc1. The quantitative estimate of drug-likeness (QED) is 0.457. The summed E-state index contributed by atoms with van der Waals surface area (Å²) in [6, 6.07) is 6.07. The van der Waals surface area contributed by atoms with E-state index in [1.165, 1.54) is 23.9 Å². The molecule has 0 aliphatic heterocycles. The number of nitrogens with zero attached hydrogens (tertiary/aromatic N) is 2. The predicted molar refractivity (Wildman–Crippen MR) is 85.2 cm³/mol. The zero-order chi connectivity index (χ0) is 15.1. The van der Waals surface area contributed by atoms with E-state index in [-0.39, 0.29) is 11.5 Å². The van der Waals surface area contributed by atoms with Crippen molar-refractivity contribution in [2.45, 2.75) is 12.8 Å². The van der Waals surface area contributed by atoms with Gasteiger partial charge in [-0.05, 0) is 5.56 Å². The molecule has 108 valence electrons. The van der Waals surface area contributed by atoms with Crippen molar-refractivity contribution in [3.8, 4) is 0 Å². The van der Waals surface area contributed by atoms with Gasteiger partial charge < -0.3 is 4.90 Å². The molecule has 0 saturated carbocycles. The van der Waals surface area contributed by atoms with Gasteiger partial charge in [-0.2, -0.15) is 0 Å². The monoisotopic (exact) mass is 312 g/mol. The van der Waals surface area contributed by atoms with Crippen molar-refractivity contribution in [2.75, 3.05) is 19.8 Å². The molecule has 20 heavy (non-hydrogen) atoms. The Morgan fingerprint density at radius 2 is 1.95 bits per heavy atom. The fourth-order valence-electron chi connectivity index (χ4n) is 1.43. The Labute approximate surface area is 127 Å². The summed E-state index contributed by atoms with van der Waals surface area (Å²) in [5.41, 5.74) is 0.828. The molecule has 0 radical (unpaired) electrons. The average Bonchev–Trinajstić information content (AvgIpc) is 2.39. The van der Waals surface area contributed by atoms with Gasteiger partial charge in [0, 0.05) is 44.8 Å². The van der Waals surface area contributed by atoms with Gasteiger partial charge in [-0.15, -0.1) is 0 Å². The third-order valence-electron chi connectivity index (χ3n) is 2.52. The van der Waals surface area contributed by atoms with E-state index in [2.05, 4.69) is 0 Å². The zero-order valence-electron chi connectivity index (χ0n) is 11.4. The number of carbonyl (C=O) groups is 1. The maximum atomic E-state index is 11.8. The third kappa shape index (κ3) is 5.66. The summed E-state index contributed by atoms with van der Waals surface area (Å²) in [4.78, 5) is 23.7. The Hall–Kier alpha value is -1.47. The van der Waals surface area contributed by atoms with Crippen molar-refractivity contribution in [3.05, 3.63) is 39.9 Å². The smallest absolute Gasteiger partial charge is 0.269 e. The van der Waals surface area contributed by atoms with Crippen LogP contribution in [0.15, 0.2) is 24.3 Å². The zero-order valence-corrected chi connectivity index (χ0v) is 13.0. The topological polar surface area (TPSA) is 63.5 Å². The summed E-state index contributed by atoms with van der Waals surface area (Å²) in [5.74, 6) is 0.760. The number of rotatable bonds is 6. The average molecular weight is 312 g/mol. The summed E-state index contributed by atoms with van der Waals surface area (Å²) in [6.45, 7) is 0. The molecule has 7 heteroatoms. The lowest BCUT2D eigenvalue weighted by Crippen LogP contribution is -2.17. The normalized spacial score (nSPS) is 10.1. The van der Waals surface area contributed by atoms with Crippen LogP contribution in [0.4, 0.5) is 5.69 Å². The van der Waals surface area contributed by atoms with Crippen LogP contribution in [-0.2, 0) is 11.2 Å². The second-order valence-electron chi connectivity index (χ2n) is 4.40. The molecular formula is C13H16N2O3S2. The minimum atomic E-state index is -0.454. The van der Waals surface area contributed by atoms with E-state index in [0.717, 1.165) is 9.88 Å². The lowest BCUT2D eigenvalue weighted by Gasteiger charge is -2.12. The number of nitro groups is 1. The number of non-ortho nitro benzene ring substituents is 1. The highest BCUT2D eigenvalue weighted by Gasteiger charge is 2.08. The van der Waals surface area contributed by atoms with E-state index in [1.54, 1.807) is 12.1 Å². The fourth-order valence-corrected chi connectivity index (χ4v) is 2.45. The molecule has 0 aromatic heterocycles. The van der Waals surface area contributed by atoms with E-state index in [1.807, 2.05) is 19.0 Å². The Morgan fingerprint density at radius 3 is 2.45 bits per heavy atom. The van der Waals surface area contributed by atoms with Crippen LogP contribution in [0.25, 0.3) is 0 Å². The number of ketones is 1. The maximum absolute atomic E-state index is 11.8. The van der Waals surface area contributed by atoms with Gasteiger partial charge in [-0.1, -0.05) is 36.1 Å². The Kier molecular flexibility index (Phi) is 6.60. The predicted octanol–water partition coefficient (Wildman–Crippen LogP) is 2.68. The summed E-state index contributed by atoms with van der Waals surface area (Å²) >= 11 is 6.59. The molecular weight excluding hydrogens is 296 g/mol. The van der Waals surface area contributed by atoms with Crippen LogP contribution in [0.2, 0.25) is 0 Å². The van der Waals surface area contributed by atoms with Crippen LogP contribution in [0.3, 0.4) is 0 Å². The molecule has 1 aromatic rings. The number of hydrogen-bond acceptors (Lipinski definition) is 5. The molecule has 1 aromatic carbocycles.